The fourth-order valence-electron chi connectivity index (χ4n) is 1.31. The van der Waals surface area contributed by atoms with Crippen molar-refractivity contribution in [3.8, 4) is 0 Å². The van der Waals surface area contributed by atoms with E-state index in [1.165, 1.54) is 0 Å². The molecule has 0 aromatic heterocycles. The van der Waals surface area contributed by atoms with Gasteiger partial charge < -0.3 is 4.74 Å². The third kappa shape index (κ3) is 3.16. The van der Waals surface area contributed by atoms with Crippen LogP contribution in [0.2, 0.25) is 0 Å². The zero-order chi connectivity index (χ0) is 13.1. The van der Waals surface area contributed by atoms with Crippen LogP contribution in [0.1, 0.15) is 22.8 Å². The molecule has 0 saturated heterocycles. The van der Waals surface area contributed by atoms with E-state index in [2.05, 4.69) is 31.9 Å². The lowest BCUT2D eigenvalue weighted by molar-refractivity contribution is -0.141. The predicted molar refractivity (Wildman–Crippen MR) is 72.7 cm³/mol. The quantitative estimate of drug-likeness (QED) is 0.357. The molecule has 5 heteroatoms. The van der Waals surface area contributed by atoms with Crippen LogP contribution in [-0.2, 0) is 9.53 Å². The van der Waals surface area contributed by atoms with Gasteiger partial charge in [-0.3, -0.25) is 4.79 Å². The number of Topliss-reactive ketones (excluding diaryl/α,β-unsaturated/α-hetero) is 1. The van der Waals surface area contributed by atoms with Gasteiger partial charge in [0.1, 0.15) is 0 Å². The summed E-state index contributed by atoms with van der Waals surface area (Å²) in [6.07, 6.45) is 0. The van der Waals surface area contributed by atoms with Gasteiger partial charge in [0.15, 0.2) is 0 Å². The molecule has 92 valence electrons. The van der Waals surface area contributed by atoms with Crippen molar-refractivity contribution in [3.05, 3.63) is 35.4 Å². The third-order valence-corrected chi connectivity index (χ3v) is 3.57. The number of ketones is 1. The van der Waals surface area contributed by atoms with Gasteiger partial charge in [0.05, 0.1) is 6.61 Å². The van der Waals surface area contributed by atoms with Crippen LogP contribution < -0.4 is 0 Å². The summed E-state index contributed by atoms with van der Waals surface area (Å²) in [6.45, 7) is 3.72. The van der Waals surface area contributed by atoms with Gasteiger partial charge in [-0.25, -0.2) is 4.79 Å². The maximum Gasteiger partial charge on any atom is 0.342 e. The van der Waals surface area contributed by atoms with E-state index in [9.17, 15) is 9.59 Å². The summed E-state index contributed by atoms with van der Waals surface area (Å²) < 4.78 is 3.32. The summed E-state index contributed by atoms with van der Waals surface area (Å²) in [5, 5.41) is 0. The average Bonchev–Trinajstić information content (AvgIpc) is 2.29. The highest BCUT2D eigenvalue weighted by molar-refractivity contribution is 9.26. The van der Waals surface area contributed by atoms with Crippen molar-refractivity contribution in [1.29, 1.82) is 0 Å². The van der Waals surface area contributed by atoms with E-state index in [4.69, 9.17) is 4.74 Å². The fraction of sp³-hybridized carbons (Fsp3) is 0.333. The Morgan fingerprint density at radius 1 is 1.29 bits per heavy atom. The van der Waals surface area contributed by atoms with Crippen molar-refractivity contribution in [2.24, 2.45) is 0 Å². The van der Waals surface area contributed by atoms with Crippen molar-refractivity contribution in [1.82, 2.24) is 0 Å². The Hall–Kier alpha value is -0.680. The third-order valence-electron chi connectivity index (χ3n) is 2.21. The molecule has 0 saturated carbocycles. The van der Waals surface area contributed by atoms with Gasteiger partial charge in [-0.1, -0.05) is 56.1 Å². The first kappa shape index (κ1) is 14.4. The summed E-state index contributed by atoms with van der Waals surface area (Å²) in [4.78, 5) is 23.9. The molecule has 0 aliphatic heterocycles. The summed E-state index contributed by atoms with van der Waals surface area (Å²) in [6, 6.07) is 7.07. The monoisotopic (exact) mass is 362 g/mol. The SMILES string of the molecule is CCOC(=O)C(Br)(Br)C(=O)c1ccccc1C. The first-order valence-corrected chi connectivity index (χ1v) is 6.65. The molecule has 0 atom stereocenters. The minimum absolute atomic E-state index is 0.221. The summed E-state index contributed by atoms with van der Waals surface area (Å²) >= 11 is 6.15. The maximum absolute atomic E-state index is 12.2. The molecule has 0 fully saturated rings. The number of ether oxygens (including phenoxy) is 1. The zero-order valence-electron chi connectivity index (χ0n) is 9.50. The predicted octanol–water partition coefficient (Wildman–Crippen LogP) is 3.23. The topological polar surface area (TPSA) is 43.4 Å². The Balaban J connectivity index is 3.05. The van der Waals surface area contributed by atoms with E-state index < -0.39 is 9.20 Å². The van der Waals surface area contributed by atoms with Gasteiger partial charge in [0.25, 0.3) is 0 Å². The molecule has 0 aliphatic carbocycles. The molecular formula is C12H12Br2O3. The second-order valence-corrected chi connectivity index (χ2v) is 6.88. The van der Waals surface area contributed by atoms with Crippen molar-refractivity contribution < 1.29 is 14.3 Å². The largest absolute Gasteiger partial charge is 0.464 e. The normalized spacial score (nSPS) is 11.1. The van der Waals surface area contributed by atoms with Crippen LogP contribution >= 0.6 is 31.9 Å². The van der Waals surface area contributed by atoms with Gasteiger partial charge in [0.2, 0.25) is 9.02 Å². The Labute approximate surface area is 117 Å². The van der Waals surface area contributed by atoms with Crippen molar-refractivity contribution in [3.63, 3.8) is 0 Å². The highest BCUT2D eigenvalue weighted by atomic mass is 79.9. The minimum atomic E-state index is -1.51. The molecule has 1 aromatic rings. The van der Waals surface area contributed by atoms with Crippen LogP contribution in [0, 0.1) is 6.92 Å². The number of hydrogen-bond acceptors (Lipinski definition) is 3. The standard InChI is InChI=1S/C12H12Br2O3/c1-3-17-11(16)12(13,14)10(15)9-7-5-4-6-8(9)2/h4-7H,3H2,1-2H3. The maximum atomic E-state index is 12.2. The molecule has 0 amide bonds. The Morgan fingerprint density at radius 2 is 1.88 bits per heavy atom. The molecule has 0 N–H and O–H groups in total. The highest BCUT2D eigenvalue weighted by Crippen LogP contribution is 2.33. The molecule has 0 radical (unpaired) electrons. The molecule has 1 rings (SSSR count). The number of halogens is 2. The first-order chi connectivity index (χ1) is 7.91. The van der Waals surface area contributed by atoms with E-state index >= 15 is 0 Å². The zero-order valence-corrected chi connectivity index (χ0v) is 12.7. The summed E-state index contributed by atoms with van der Waals surface area (Å²) in [5.74, 6) is -1.01. The molecule has 0 bridgehead atoms. The van der Waals surface area contributed by atoms with Crippen LogP contribution in [0.5, 0.6) is 0 Å². The lowest BCUT2D eigenvalue weighted by atomic mass is 10.0. The highest BCUT2D eigenvalue weighted by Gasteiger charge is 2.43. The van der Waals surface area contributed by atoms with E-state index in [1.54, 1.807) is 19.1 Å². The lowest BCUT2D eigenvalue weighted by Crippen LogP contribution is -2.36. The van der Waals surface area contributed by atoms with Crippen LogP contribution in [0.3, 0.4) is 0 Å². The number of alkyl halides is 2. The van der Waals surface area contributed by atoms with Gasteiger partial charge in [-0.2, -0.15) is 0 Å². The Bertz CT molecular complexity index is 441. The molecule has 1 aromatic carbocycles. The van der Waals surface area contributed by atoms with Gasteiger partial charge in [0, 0.05) is 5.56 Å². The van der Waals surface area contributed by atoms with Crippen molar-refractivity contribution in [2.75, 3.05) is 6.61 Å². The van der Waals surface area contributed by atoms with Gasteiger partial charge >= 0.3 is 5.97 Å². The molecule has 0 unspecified atom stereocenters. The van der Waals surface area contributed by atoms with Crippen LogP contribution in [-0.4, -0.2) is 21.6 Å². The van der Waals surface area contributed by atoms with Crippen LogP contribution in [0.25, 0.3) is 0 Å². The van der Waals surface area contributed by atoms with Crippen molar-refractivity contribution >= 4 is 43.6 Å². The van der Waals surface area contributed by atoms with E-state index in [1.807, 2.05) is 19.1 Å². The Kier molecular flexibility index (Phi) is 4.89. The minimum Gasteiger partial charge on any atom is -0.464 e. The summed E-state index contributed by atoms with van der Waals surface area (Å²) in [7, 11) is 0. The number of rotatable bonds is 4. The molecule has 0 spiro atoms. The average molecular weight is 364 g/mol. The van der Waals surface area contributed by atoms with E-state index in [0.29, 0.717) is 5.56 Å². The molecular weight excluding hydrogens is 352 g/mol. The van der Waals surface area contributed by atoms with E-state index in [0.717, 1.165) is 5.56 Å². The number of hydrogen-bond donors (Lipinski definition) is 0. The van der Waals surface area contributed by atoms with Gasteiger partial charge in [-0.15, -0.1) is 0 Å². The number of carbonyl (C=O) groups excluding carboxylic acids is 2. The molecule has 17 heavy (non-hydrogen) atoms. The smallest absolute Gasteiger partial charge is 0.342 e. The first-order valence-electron chi connectivity index (χ1n) is 5.06. The van der Waals surface area contributed by atoms with Gasteiger partial charge in [-0.05, 0) is 19.4 Å². The molecule has 3 nitrogen and oxygen atoms in total. The number of benzene rings is 1. The van der Waals surface area contributed by atoms with Crippen LogP contribution in [0.15, 0.2) is 24.3 Å². The second-order valence-electron chi connectivity index (χ2n) is 3.44. The number of aryl methyl sites for hydroxylation is 1. The van der Waals surface area contributed by atoms with E-state index in [-0.39, 0.29) is 12.4 Å². The fourth-order valence-corrected chi connectivity index (χ4v) is 1.97. The number of carbonyl (C=O) groups is 2. The second kappa shape index (κ2) is 5.78. The van der Waals surface area contributed by atoms with Crippen molar-refractivity contribution in [2.45, 2.75) is 17.1 Å². The lowest BCUT2D eigenvalue weighted by Gasteiger charge is -2.18. The molecule has 0 aliphatic rings. The molecule has 0 heterocycles. The Morgan fingerprint density at radius 3 is 2.41 bits per heavy atom. The summed E-state index contributed by atoms with van der Waals surface area (Å²) in [5.41, 5.74) is 1.29. The van der Waals surface area contributed by atoms with Crippen LogP contribution in [0.4, 0.5) is 0 Å². The number of esters is 1.